The standard InChI is InChI=1S/C12H13Cl2NO2S/c1-12(2)9(11(16)17)15-10(18-12)7-4-3-6(13)5-8(7)14/h3-5,9-10,15H,1-2H3,(H,16,17)/t9-,10?/m0/s1. The average molecular weight is 306 g/mol. The molecule has 1 fully saturated rings. The second kappa shape index (κ2) is 4.93. The molecule has 0 saturated carbocycles. The quantitative estimate of drug-likeness (QED) is 0.877. The van der Waals surface area contributed by atoms with Gasteiger partial charge in [0.25, 0.3) is 0 Å². The largest absolute Gasteiger partial charge is 0.480 e. The molecule has 1 unspecified atom stereocenters. The van der Waals surface area contributed by atoms with Crippen molar-refractivity contribution in [3.63, 3.8) is 0 Å². The SMILES string of the molecule is CC1(C)SC(c2ccc(Cl)cc2Cl)N[C@H]1C(=O)O. The van der Waals surface area contributed by atoms with Gasteiger partial charge in [-0.25, -0.2) is 0 Å². The van der Waals surface area contributed by atoms with E-state index in [9.17, 15) is 9.90 Å². The van der Waals surface area contributed by atoms with Gasteiger partial charge in [0.2, 0.25) is 0 Å². The summed E-state index contributed by atoms with van der Waals surface area (Å²) in [6, 6.07) is 4.66. The molecule has 0 amide bonds. The van der Waals surface area contributed by atoms with Crippen LogP contribution in [0, 0.1) is 0 Å². The number of carboxylic acids is 1. The van der Waals surface area contributed by atoms with Crippen molar-refractivity contribution in [2.75, 3.05) is 0 Å². The summed E-state index contributed by atoms with van der Waals surface area (Å²) in [5.74, 6) is -0.847. The lowest BCUT2D eigenvalue weighted by Gasteiger charge is -2.20. The van der Waals surface area contributed by atoms with Gasteiger partial charge >= 0.3 is 5.97 Å². The zero-order chi connectivity index (χ0) is 13.5. The lowest BCUT2D eigenvalue weighted by Crippen LogP contribution is -2.43. The first-order chi connectivity index (χ1) is 8.31. The summed E-state index contributed by atoms with van der Waals surface area (Å²) in [4.78, 5) is 11.2. The van der Waals surface area contributed by atoms with E-state index in [1.807, 2.05) is 19.9 Å². The molecule has 1 saturated heterocycles. The van der Waals surface area contributed by atoms with E-state index in [1.54, 1.807) is 23.9 Å². The molecular weight excluding hydrogens is 293 g/mol. The minimum absolute atomic E-state index is 0.133. The van der Waals surface area contributed by atoms with E-state index in [4.69, 9.17) is 23.2 Å². The Kier molecular flexibility index (Phi) is 3.83. The highest BCUT2D eigenvalue weighted by atomic mass is 35.5. The number of benzene rings is 1. The van der Waals surface area contributed by atoms with Gasteiger partial charge in [0.15, 0.2) is 0 Å². The fourth-order valence-corrected chi connectivity index (χ4v) is 4.03. The third-order valence-corrected chi connectivity index (χ3v) is 4.96. The first kappa shape index (κ1) is 14.0. The summed E-state index contributed by atoms with van der Waals surface area (Å²) < 4.78 is -0.389. The van der Waals surface area contributed by atoms with Crippen molar-refractivity contribution in [1.82, 2.24) is 5.32 Å². The Bertz CT molecular complexity index is 493. The molecule has 98 valence electrons. The fourth-order valence-electron chi connectivity index (χ4n) is 1.99. The number of aliphatic carboxylic acids is 1. The normalized spacial score (nSPS) is 26.2. The number of halogens is 2. The number of rotatable bonds is 2. The van der Waals surface area contributed by atoms with E-state index in [2.05, 4.69) is 5.32 Å². The summed E-state index contributed by atoms with van der Waals surface area (Å²) in [6.45, 7) is 3.82. The smallest absolute Gasteiger partial charge is 0.322 e. The summed E-state index contributed by atoms with van der Waals surface area (Å²) in [5, 5.41) is 13.3. The van der Waals surface area contributed by atoms with Crippen molar-refractivity contribution in [2.45, 2.75) is 30.0 Å². The van der Waals surface area contributed by atoms with E-state index in [1.165, 1.54) is 0 Å². The van der Waals surface area contributed by atoms with Crippen molar-refractivity contribution >= 4 is 40.9 Å². The molecule has 0 aliphatic carbocycles. The maximum absolute atomic E-state index is 11.2. The number of thioether (sulfide) groups is 1. The van der Waals surface area contributed by atoms with Gasteiger partial charge in [-0.3, -0.25) is 10.1 Å². The molecule has 0 spiro atoms. The van der Waals surface area contributed by atoms with Gasteiger partial charge in [-0.15, -0.1) is 11.8 Å². The summed E-state index contributed by atoms with van der Waals surface area (Å²) in [6.07, 6.45) is 0. The molecule has 0 aromatic heterocycles. The summed E-state index contributed by atoms with van der Waals surface area (Å²) >= 11 is 13.6. The summed E-state index contributed by atoms with van der Waals surface area (Å²) in [7, 11) is 0. The van der Waals surface area contributed by atoms with Crippen LogP contribution in [0.25, 0.3) is 0 Å². The van der Waals surface area contributed by atoms with Crippen molar-refractivity contribution < 1.29 is 9.90 Å². The van der Waals surface area contributed by atoms with Crippen molar-refractivity contribution in [3.05, 3.63) is 33.8 Å². The zero-order valence-electron chi connectivity index (χ0n) is 9.91. The van der Waals surface area contributed by atoms with Crippen LogP contribution in [0.3, 0.4) is 0 Å². The Morgan fingerprint density at radius 3 is 2.61 bits per heavy atom. The van der Waals surface area contributed by atoms with Gasteiger partial charge in [0.05, 0.1) is 5.37 Å². The lowest BCUT2D eigenvalue weighted by molar-refractivity contribution is -0.139. The van der Waals surface area contributed by atoms with Crippen LogP contribution in [0.1, 0.15) is 24.8 Å². The molecule has 0 bridgehead atoms. The molecule has 1 aromatic rings. The van der Waals surface area contributed by atoms with Gasteiger partial charge < -0.3 is 5.11 Å². The monoisotopic (exact) mass is 305 g/mol. The second-order valence-electron chi connectivity index (χ2n) is 4.71. The predicted molar refractivity (Wildman–Crippen MR) is 75.4 cm³/mol. The Hall–Kier alpha value is -0.420. The van der Waals surface area contributed by atoms with E-state index in [0.29, 0.717) is 10.0 Å². The third kappa shape index (κ3) is 2.62. The summed E-state index contributed by atoms with van der Waals surface area (Å²) in [5.41, 5.74) is 0.864. The minimum Gasteiger partial charge on any atom is -0.480 e. The Balaban J connectivity index is 2.29. The average Bonchev–Trinajstić information content (AvgIpc) is 2.54. The van der Waals surface area contributed by atoms with Crippen LogP contribution in [0.5, 0.6) is 0 Å². The van der Waals surface area contributed by atoms with E-state index < -0.39 is 12.0 Å². The molecule has 1 aromatic carbocycles. The van der Waals surface area contributed by atoms with Gasteiger partial charge in [-0.05, 0) is 31.5 Å². The molecule has 6 heteroatoms. The third-order valence-electron chi connectivity index (χ3n) is 2.93. The Morgan fingerprint density at radius 1 is 1.44 bits per heavy atom. The highest BCUT2D eigenvalue weighted by Crippen LogP contribution is 2.47. The minimum atomic E-state index is -0.847. The highest BCUT2D eigenvalue weighted by Gasteiger charge is 2.45. The second-order valence-corrected chi connectivity index (χ2v) is 7.31. The van der Waals surface area contributed by atoms with Gasteiger partial charge in [-0.2, -0.15) is 0 Å². The van der Waals surface area contributed by atoms with Crippen LogP contribution in [-0.2, 0) is 4.79 Å². The first-order valence-corrected chi connectivity index (χ1v) is 7.06. The molecule has 18 heavy (non-hydrogen) atoms. The first-order valence-electron chi connectivity index (χ1n) is 5.43. The van der Waals surface area contributed by atoms with Gasteiger partial charge in [-0.1, -0.05) is 29.3 Å². The van der Waals surface area contributed by atoms with Crippen LogP contribution in [-0.4, -0.2) is 21.9 Å². The molecular formula is C12H13Cl2NO2S. The highest BCUT2D eigenvalue weighted by molar-refractivity contribution is 8.01. The van der Waals surface area contributed by atoms with E-state index >= 15 is 0 Å². The van der Waals surface area contributed by atoms with Crippen LogP contribution >= 0.6 is 35.0 Å². The van der Waals surface area contributed by atoms with Gasteiger partial charge in [0.1, 0.15) is 6.04 Å². The van der Waals surface area contributed by atoms with Crippen LogP contribution in [0.4, 0.5) is 0 Å². The van der Waals surface area contributed by atoms with Crippen molar-refractivity contribution in [3.8, 4) is 0 Å². The van der Waals surface area contributed by atoms with E-state index in [-0.39, 0.29) is 10.1 Å². The zero-order valence-corrected chi connectivity index (χ0v) is 12.2. The molecule has 1 aliphatic rings. The van der Waals surface area contributed by atoms with Gasteiger partial charge in [0, 0.05) is 14.8 Å². The molecule has 1 heterocycles. The lowest BCUT2D eigenvalue weighted by atomic mass is 10.0. The molecule has 1 aliphatic heterocycles. The molecule has 0 radical (unpaired) electrons. The van der Waals surface area contributed by atoms with Crippen LogP contribution < -0.4 is 5.32 Å². The number of hydrogen-bond donors (Lipinski definition) is 2. The van der Waals surface area contributed by atoms with Crippen molar-refractivity contribution in [2.24, 2.45) is 0 Å². The molecule has 3 nitrogen and oxygen atoms in total. The predicted octanol–water partition coefficient (Wildman–Crippen LogP) is 3.56. The number of carboxylic acid groups (broad SMARTS) is 1. The van der Waals surface area contributed by atoms with E-state index in [0.717, 1.165) is 5.56 Å². The molecule has 2 rings (SSSR count). The number of carbonyl (C=O) groups is 1. The number of hydrogen-bond acceptors (Lipinski definition) is 3. The molecule has 2 N–H and O–H groups in total. The molecule has 2 atom stereocenters. The Morgan fingerprint density at radius 2 is 2.11 bits per heavy atom. The maximum Gasteiger partial charge on any atom is 0.322 e. The fraction of sp³-hybridized carbons (Fsp3) is 0.417. The Labute approximate surface area is 120 Å². The van der Waals surface area contributed by atoms with Crippen LogP contribution in [0.2, 0.25) is 10.0 Å². The van der Waals surface area contributed by atoms with Crippen LogP contribution in [0.15, 0.2) is 18.2 Å². The van der Waals surface area contributed by atoms with Crippen molar-refractivity contribution in [1.29, 1.82) is 0 Å². The number of nitrogens with one attached hydrogen (secondary N) is 1. The topological polar surface area (TPSA) is 49.3 Å². The maximum atomic E-state index is 11.2.